The number of furan rings is 1. The van der Waals surface area contributed by atoms with Crippen molar-refractivity contribution >= 4 is 32.6 Å². The van der Waals surface area contributed by atoms with Crippen LogP contribution in [0.5, 0.6) is 5.75 Å². The van der Waals surface area contributed by atoms with Gasteiger partial charge in [0.2, 0.25) is 10.0 Å². The molecule has 2 saturated heterocycles. The highest BCUT2D eigenvalue weighted by Gasteiger charge is 2.32. The number of alkyl halides is 3. The van der Waals surface area contributed by atoms with E-state index in [2.05, 4.69) is 10.3 Å². The van der Waals surface area contributed by atoms with E-state index in [1.54, 1.807) is 24.3 Å². The van der Waals surface area contributed by atoms with Gasteiger partial charge in [-0.3, -0.25) is 9.78 Å². The summed E-state index contributed by atoms with van der Waals surface area (Å²) in [4.78, 5) is 19.1. The number of aromatic nitrogens is 1. The smallest absolute Gasteiger partial charge is 0.416 e. The second kappa shape index (κ2) is 12.1. The van der Waals surface area contributed by atoms with Gasteiger partial charge in [0.05, 0.1) is 5.56 Å². The molecule has 0 saturated carbocycles. The standard InChI is InChI=1S/C31H31F3N4O5S/c32-31(33,34)22-3-5-24(6-4-22)37-14-11-25(12-15-37)42-26-7-8-28-21(18-26)19-29(43-28)30(39)36-23-9-16-38(17-10-23)44(40,41)27-2-1-13-35-20-27/h1-8,13,18-20,23,25H,9-12,14-17H2,(H,36,39). The summed E-state index contributed by atoms with van der Waals surface area (Å²) in [5, 5.41) is 3.67. The fraction of sp³-hybridized carbons (Fsp3) is 0.355. The number of nitrogens with zero attached hydrogens (tertiary/aromatic N) is 3. The summed E-state index contributed by atoms with van der Waals surface area (Å²) < 4.78 is 77.7. The quantitative estimate of drug-likeness (QED) is 0.289. The second-order valence-corrected chi connectivity index (χ2v) is 12.9. The van der Waals surface area contributed by atoms with Gasteiger partial charge in [0.15, 0.2) is 5.76 Å². The Bertz CT molecular complexity index is 1710. The van der Waals surface area contributed by atoms with E-state index in [4.69, 9.17) is 9.15 Å². The Morgan fingerprint density at radius 2 is 1.68 bits per heavy atom. The Balaban J connectivity index is 1.01. The maximum Gasteiger partial charge on any atom is 0.416 e. The van der Waals surface area contributed by atoms with E-state index < -0.39 is 21.8 Å². The molecule has 2 aromatic carbocycles. The lowest BCUT2D eigenvalue weighted by atomic mass is 10.1. The number of benzene rings is 2. The first-order valence-electron chi connectivity index (χ1n) is 14.4. The van der Waals surface area contributed by atoms with Crippen LogP contribution in [0.1, 0.15) is 41.8 Å². The van der Waals surface area contributed by atoms with Gasteiger partial charge in [-0.25, -0.2) is 8.42 Å². The number of ether oxygens (including phenoxy) is 1. The van der Waals surface area contributed by atoms with E-state index >= 15 is 0 Å². The summed E-state index contributed by atoms with van der Waals surface area (Å²) in [6.45, 7) is 1.88. The number of carbonyl (C=O) groups excluding carboxylic acids is 1. The molecule has 0 radical (unpaired) electrons. The van der Waals surface area contributed by atoms with Crippen LogP contribution in [0.4, 0.5) is 18.9 Å². The number of pyridine rings is 1. The van der Waals surface area contributed by atoms with Crippen molar-refractivity contribution in [1.29, 1.82) is 0 Å². The average Bonchev–Trinajstić information content (AvgIpc) is 3.46. The second-order valence-electron chi connectivity index (χ2n) is 11.0. The number of sulfonamides is 1. The largest absolute Gasteiger partial charge is 0.490 e. The Kier molecular flexibility index (Phi) is 8.25. The van der Waals surface area contributed by atoms with Crippen LogP contribution in [-0.2, 0) is 16.2 Å². The first kappa shape index (κ1) is 29.9. The molecule has 2 aliphatic heterocycles. The zero-order chi connectivity index (χ0) is 30.9. The van der Waals surface area contributed by atoms with Gasteiger partial charge in [0, 0.05) is 68.5 Å². The minimum atomic E-state index is -4.35. The lowest BCUT2D eigenvalue weighted by molar-refractivity contribution is -0.137. The van der Waals surface area contributed by atoms with Crippen LogP contribution in [0.25, 0.3) is 11.0 Å². The number of nitrogens with one attached hydrogen (secondary N) is 1. The first-order chi connectivity index (χ1) is 21.1. The van der Waals surface area contributed by atoms with Crippen molar-refractivity contribution in [3.8, 4) is 5.75 Å². The SMILES string of the molecule is O=C(NC1CCN(S(=O)(=O)c2cccnc2)CC1)c1cc2cc(OC3CCN(c4ccc(C(F)(F)F)cc4)CC3)ccc2o1. The van der Waals surface area contributed by atoms with E-state index in [-0.39, 0.29) is 41.8 Å². The molecule has 0 aliphatic carbocycles. The number of halogens is 3. The van der Waals surface area contributed by atoms with Crippen LogP contribution in [0.3, 0.4) is 0 Å². The van der Waals surface area contributed by atoms with Gasteiger partial charge in [-0.15, -0.1) is 0 Å². The molecule has 0 bridgehead atoms. The van der Waals surface area contributed by atoms with Gasteiger partial charge >= 0.3 is 6.18 Å². The molecule has 2 aliphatic rings. The van der Waals surface area contributed by atoms with Crippen molar-refractivity contribution in [3.05, 3.63) is 84.4 Å². The molecule has 1 amide bonds. The number of anilines is 1. The monoisotopic (exact) mass is 628 g/mol. The fourth-order valence-electron chi connectivity index (χ4n) is 5.64. The van der Waals surface area contributed by atoms with E-state index in [0.717, 1.165) is 17.8 Å². The number of piperidine rings is 2. The van der Waals surface area contributed by atoms with Crippen LogP contribution in [0, 0.1) is 0 Å². The molecule has 0 spiro atoms. The third-order valence-electron chi connectivity index (χ3n) is 8.08. The van der Waals surface area contributed by atoms with Gasteiger partial charge < -0.3 is 19.4 Å². The zero-order valence-electron chi connectivity index (χ0n) is 23.7. The third kappa shape index (κ3) is 6.53. The Morgan fingerprint density at radius 3 is 2.34 bits per heavy atom. The number of rotatable bonds is 7. The van der Waals surface area contributed by atoms with E-state index in [9.17, 15) is 26.4 Å². The molecule has 2 aromatic heterocycles. The molecule has 4 aromatic rings. The van der Waals surface area contributed by atoms with Crippen molar-refractivity contribution in [2.24, 2.45) is 0 Å². The fourth-order valence-corrected chi connectivity index (χ4v) is 7.07. The number of hydrogen-bond donors (Lipinski definition) is 1. The summed E-state index contributed by atoms with van der Waals surface area (Å²) in [5.74, 6) is 0.431. The summed E-state index contributed by atoms with van der Waals surface area (Å²) in [6.07, 6.45) is 0.806. The number of carbonyl (C=O) groups is 1. The van der Waals surface area contributed by atoms with Crippen molar-refractivity contribution in [3.63, 3.8) is 0 Å². The van der Waals surface area contributed by atoms with Crippen molar-refractivity contribution < 1.29 is 35.5 Å². The predicted molar refractivity (Wildman–Crippen MR) is 157 cm³/mol. The minimum absolute atomic E-state index is 0.0550. The van der Waals surface area contributed by atoms with Crippen molar-refractivity contribution in [1.82, 2.24) is 14.6 Å². The summed E-state index contributed by atoms with van der Waals surface area (Å²) >= 11 is 0. The Morgan fingerprint density at radius 1 is 0.955 bits per heavy atom. The summed E-state index contributed by atoms with van der Waals surface area (Å²) in [5.41, 5.74) is 0.629. The molecule has 1 N–H and O–H groups in total. The normalized spacial score (nSPS) is 17.6. The number of fused-ring (bicyclic) bond motifs is 1. The third-order valence-corrected chi connectivity index (χ3v) is 9.96. The molecular weight excluding hydrogens is 597 g/mol. The topological polar surface area (TPSA) is 105 Å². The zero-order valence-corrected chi connectivity index (χ0v) is 24.5. The molecule has 9 nitrogen and oxygen atoms in total. The highest BCUT2D eigenvalue weighted by atomic mass is 32.2. The maximum absolute atomic E-state index is 13.0. The number of amides is 1. The van der Waals surface area contributed by atoms with E-state index in [1.165, 1.54) is 34.9 Å². The molecule has 6 rings (SSSR count). The average molecular weight is 629 g/mol. The lowest BCUT2D eigenvalue weighted by Crippen LogP contribution is -2.46. The van der Waals surface area contributed by atoms with Gasteiger partial charge in [0.25, 0.3) is 5.91 Å². The molecule has 13 heteroatoms. The molecule has 44 heavy (non-hydrogen) atoms. The highest BCUT2D eigenvalue weighted by Crippen LogP contribution is 2.32. The van der Waals surface area contributed by atoms with Crippen molar-refractivity contribution in [2.75, 3.05) is 31.1 Å². The van der Waals surface area contributed by atoms with Crippen LogP contribution in [-0.4, -0.2) is 61.9 Å². The van der Waals surface area contributed by atoms with Crippen LogP contribution < -0.4 is 15.0 Å². The Hall–Kier alpha value is -4.10. The molecule has 0 unspecified atom stereocenters. The van der Waals surface area contributed by atoms with Crippen LogP contribution >= 0.6 is 0 Å². The van der Waals surface area contributed by atoms with Crippen LogP contribution in [0.15, 0.2) is 82.4 Å². The minimum Gasteiger partial charge on any atom is -0.490 e. The van der Waals surface area contributed by atoms with Crippen LogP contribution in [0.2, 0.25) is 0 Å². The molecule has 232 valence electrons. The van der Waals surface area contributed by atoms with E-state index in [0.29, 0.717) is 55.5 Å². The first-order valence-corrected chi connectivity index (χ1v) is 15.8. The predicted octanol–water partition coefficient (Wildman–Crippen LogP) is 5.48. The van der Waals surface area contributed by atoms with Crippen molar-refractivity contribution in [2.45, 2.75) is 48.9 Å². The van der Waals surface area contributed by atoms with E-state index in [1.807, 2.05) is 11.0 Å². The molecule has 0 atom stereocenters. The molecule has 2 fully saturated rings. The van der Waals surface area contributed by atoms with Gasteiger partial charge in [-0.1, -0.05) is 0 Å². The van der Waals surface area contributed by atoms with Gasteiger partial charge in [-0.2, -0.15) is 17.5 Å². The summed E-state index contributed by atoms with van der Waals surface area (Å²) in [7, 11) is -3.63. The van der Waals surface area contributed by atoms with Gasteiger partial charge in [0.1, 0.15) is 22.3 Å². The Labute approximate surface area is 252 Å². The molecular formula is C31H31F3N4O5S. The maximum atomic E-state index is 13.0. The molecule has 4 heterocycles. The lowest BCUT2D eigenvalue weighted by Gasteiger charge is -2.33. The highest BCUT2D eigenvalue weighted by molar-refractivity contribution is 7.89. The summed E-state index contributed by atoms with van der Waals surface area (Å²) in [6, 6.07) is 15.1. The van der Waals surface area contributed by atoms with Gasteiger partial charge in [-0.05, 0) is 73.5 Å². The number of hydrogen-bond acceptors (Lipinski definition) is 7.